The zero-order chi connectivity index (χ0) is 18.6. The highest BCUT2D eigenvalue weighted by atomic mass is 16.5. The maximum atomic E-state index is 11.6. The van der Waals surface area contributed by atoms with Crippen LogP contribution in [-0.4, -0.2) is 23.8 Å². The van der Waals surface area contributed by atoms with Crippen molar-refractivity contribution in [3.05, 3.63) is 0 Å². The van der Waals surface area contributed by atoms with Gasteiger partial charge in [0, 0.05) is 19.4 Å². The topological polar surface area (TPSA) is 46.5 Å². The van der Waals surface area contributed by atoms with Crippen molar-refractivity contribution >= 4 is 5.97 Å². The second kappa shape index (κ2) is 19.8. The molecule has 3 heteroatoms. The number of esters is 1. The van der Waals surface area contributed by atoms with Crippen LogP contribution in [0.4, 0.5) is 0 Å². The molecule has 0 aliphatic carbocycles. The normalized spacial score (nSPS) is 12.3. The lowest BCUT2D eigenvalue weighted by Crippen LogP contribution is -2.15. The molecule has 25 heavy (non-hydrogen) atoms. The third kappa shape index (κ3) is 19.6. The van der Waals surface area contributed by atoms with Crippen LogP contribution < -0.4 is 0 Å². The van der Waals surface area contributed by atoms with E-state index in [1.165, 1.54) is 83.5 Å². The molecule has 0 saturated carbocycles. The van der Waals surface area contributed by atoms with E-state index in [2.05, 4.69) is 6.92 Å². The number of carbonyl (C=O) groups excluding carboxylic acids is 1. The van der Waals surface area contributed by atoms with Crippen LogP contribution >= 0.6 is 0 Å². The molecule has 0 aliphatic rings. The van der Waals surface area contributed by atoms with E-state index in [4.69, 9.17) is 9.84 Å². The molecule has 0 saturated heterocycles. The maximum Gasteiger partial charge on any atom is 0.306 e. The Bertz CT molecular complexity index is 278. The van der Waals surface area contributed by atoms with Gasteiger partial charge in [-0.2, -0.15) is 0 Å². The lowest BCUT2D eigenvalue weighted by Gasteiger charge is -2.11. The van der Waals surface area contributed by atoms with Gasteiger partial charge in [0.05, 0.1) is 0 Å². The number of rotatable bonds is 19. The third-order valence-electron chi connectivity index (χ3n) is 4.85. The number of unbranched alkanes of at least 4 members (excludes halogenated alkanes) is 14. The number of ether oxygens (including phenoxy) is 1. The van der Waals surface area contributed by atoms with Crippen LogP contribution in [-0.2, 0) is 9.53 Å². The molecule has 1 atom stereocenters. The maximum absolute atomic E-state index is 11.6. The van der Waals surface area contributed by atoms with E-state index in [-0.39, 0.29) is 18.7 Å². The van der Waals surface area contributed by atoms with Gasteiger partial charge in [-0.05, 0) is 13.3 Å². The summed E-state index contributed by atoms with van der Waals surface area (Å²) >= 11 is 0. The number of aliphatic hydroxyl groups is 1. The van der Waals surface area contributed by atoms with Gasteiger partial charge >= 0.3 is 5.97 Å². The minimum absolute atomic E-state index is 0.0768. The van der Waals surface area contributed by atoms with Crippen LogP contribution in [0, 0.1) is 0 Å². The second-order valence-electron chi connectivity index (χ2n) is 7.51. The Labute approximate surface area is 156 Å². The van der Waals surface area contributed by atoms with Crippen molar-refractivity contribution < 1.29 is 14.6 Å². The van der Waals surface area contributed by atoms with Crippen LogP contribution in [0.1, 0.15) is 123 Å². The van der Waals surface area contributed by atoms with Gasteiger partial charge in [-0.15, -0.1) is 0 Å². The number of hydrogen-bond donors (Lipinski definition) is 1. The smallest absolute Gasteiger partial charge is 0.306 e. The zero-order valence-electron chi connectivity index (χ0n) is 17.1. The third-order valence-corrected chi connectivity index (χ3v) is 4.85. The Kier molecular flexibility index (Phi) is 19.3. The summed E-state index contributed by atoms with van der Waals surface area (Å²) in [6.07, 6.45) is 20.9. The van der Waals surface area contributed by atoms with Crippen LogP contribution in [0.3, 0.4) is 0 Å². The van der Waals surface area contributed by atoms with Gasteiger partial charge < -0.3 is 9.84 Å². The molecular formula is C22H44O3. The molecule has 0 amide bonds. The first kappa shape index (κ1) is 24.4. The molecule has 1 unspecified atom stereocenters. The van der Waals surface area contributed by atoms with Crippen LogP contribution in [0.15, 0.2) is 0 Å². The highest BCUT2D eigenvalue weighted by molar-refractivity contribution is 5.69. The van der Waals surface area contributed by atoms with Crippen molar-refractivity contribution in [3.8, 4) is 0 Å². The molecule has 0 aliphatic heterocycles. The van der Waals surface area contributed by atoms with Gasteiger partial charge in [0.1, 0.15) is 6.10 Å². The highest BCUT2D eigenvalue weighted by Gasteiger charge is 2.08. The number of aliphatic hydroxyl groups excluding tert-OH is 1. The minimum atomic E-state index is -0.158. The minimum Gasteiger partial charge on any atom is -0.463 e. The molecule has 0 aromatic carbocycles. The monoisotopic (exact) mass is 356 g/mol. The second-order valence-corrected chi connectivity index (χ2v) is 7.51. The molecule has 150 valence electrons. The molecule has 0 heterocycles. The first-order chi connectivity index (χ1) is 12.2. The molecule has 0 spiro atoms. The zero-order valence-corrected chi connectivity index (χ0v) is 17.1. The summed E-state index contributed by atoms with van der Waals surface area (Å²) in [4.78, 5) is 11.6. The highest BCUT2D eigenvalue weighted by Crippen LogP contribution is 2.14. The van der Waals surface area contributed by atoms with Gasteiger partial charge in [0.2, 0.25) is 0 Å². The Morgan fingerprint density at radius 1 is 0.760 bits per heavy atom. The average Bonchev–Trinajstić information content (AvgIpc) is 2.58. The summed E-state index contributed by atoms with van der Waals surface area (Å²) in [5, 5.41) is 8.78. The van der Waals surface area contributed by atoms with E-state index in [1.54, 1.807) is 0 Å². The van der Waals surface area contributed by atoms with Crippen molar-refractivity contribution in [1.82, 2.24) is 0 Å². The van der Waals surface area contributed by atoms with Gasteiger partial charge in [-0.3, -0.25) is 4.79 Å². The van der Waals surface area contributed by atoms with Gasteiger partial charge in [0.25, 0.3) is 0 Å². The summed E-state index contributed by atoms with van der Waals surface area (Å²) < 4.78 is 5.21. The molecule has 0 radical (unpaired) electrons. The summed E-state index contributed by atoms with van der Waals surface area (Å²) in [7, 11) is 0. The molecule has 3 nitrogen and oxygen atoms in total. The molecule has 1 N–H and O–H groups in total. The molecular weight excluding hydrogens is 312 g/mol. The first-order valence-corrected chi connectivity index (χ1v) is 11.0. The summed E-state index contributed by atoms with van der Waals surface area (Å²) in [6.45, 7) is 4.18. The van der Waals surface area contributed by atoms with Crippen molar-refractivity contribution in [1.29, 1.82) is 0 Å². The fourth-order valence-electron chi connectivity index (χ4n) is 3.16. The Morgan fingerprint density at radius 3 is 1.56 bits per heavy atom. The van der Waals surface area contributed by atoms with Gasteiger partial charge in [-0.1, -0.05) is 96.8 Å². The largest absolute Gasteiger partial charge is 0.463 e. The molecule has 0 fully saturated rings. The molecule has 0 rings (SSSR count). The van der Waals surface area contributed by atoms with Crippen molar-refractivity contribution in [2.24, 2.45) is 0 Å². The van der Waals surface area contributed by atoms with E-state index in [0.29, 0.717) is 12.8 Å². The summed E-state index contributed by atoms with van der Waals surface area (Å²) in [6, 6.07) is 0. The summed E-state index contributed by atoms with van der Waals surface area (Å²) in [5.41, 5.74) is 0. The van der Waals surface area contributed by atoms with Crippen LogP contribution in [0.5, 0.6) is 0 Å². The quantitative estimate of drug-likeness (QED) is 0.210. The van der Waals surface area contributed by atoms with E-state index in [1.807, 2.05) is 6.92 Å². The number of carbonyl (C=O) groups is 1. The van der Waals surface area contributed by atoms with E-state index in [0.717, 1.165) is 12.8 Å². The van der Waals surface area contributed by atoms with Crippen molar-refractivity contribution in [2.75, 3.05) is 6.61 Å². The fraction of sp³-hybridized carbons (Fsp3) is 0.955. The molecule has 0 bridgehead atoms. The van der Waals surface area contributed by atoms with E-state index >= 15 is 0 Å². The van der Waals surface area contributed by atoms with Crippen molar-refractivity contribution in [3.63, 3.8) is 0 Å². The van der Waals surface area contributed by atoms with Crippen LogP contribution in [0.25, 0.3) is 0 Å². The van der Waals surface area contributed by atoms with Crippen LogP contribution in [0.2, 0.25) is 0 Å². The SMILES string of the molecule is CCCCCCCCCCCCCCCCCC(=O)OC(C)CCO. The lowest BCUT2D eigenvalue weighted by molar-refractivity contribution is -0.148. The predicted molar refractivity (Wildman–Crippen MR) is 107 cm³/mol. The van der Waals surface area contributed by atoms with Gasteiger partial charge in [-0.25, -0.2) is 0 Å². The number of hydrogen-bond acceptors (Lipinski definition) is 3. The van der Waals surface area contributed by atoms with E-state index in [9.17, 15) is 4.79 Å². The Hall–Kier alpha value is -0.570. The fourth-order valence-corrected chi connectivity index (χ4v) is 3.16. The predicted octanol–water partition coefficient (Wildman–Crippen LogP) is 6.56. The average molecular weight is 357 g/mol. The van der Waals surface area contributed by atoms with E-state index < -0.39 is 0 Å². The van der Waals surface area contributed by atoms with Gasteiger partial charge in [0.15, 0.2) is 0 Å². The lowest BCUT2D eigenvalue weighted by atomic mass is 10.0. The Morgan fingerprint density at radius 2 is 1.16 bits per heavy atom. The molecule has 0 aromatic rings. The standard InChI is InChI=1S/C22H44O3/c1-3-4-5-6-7-8-9-10-11-12-13-14-15-16-17-18-22(24)25-21(2)19-20-23/h21,23H,3-20H2,1-2H3. The Balaban J connectivity index is 3.15. The first-order valence-electron chi connectivity index (χ1n) is 11.0. The molecule has 0 aromatic heterocycles. The summed E-state index contributed by atoms with van der Waals surface area (Å²) in [5.74, 6) is -0.115. The van der Waals surface area contributed by atoms with Crippen molar-refractivity contribution in [2.45, 2.75) is 129 Å².